The van der Waals surface area contributed by atoms with E-state index in [0.717, 1.165) is 5.56 Å². The van der Waals surface area contributed by atoms with Crippen LogP contribution in [0.4, 0.5) is 14.5 Å². The Labute approximate surface area is 149 Å². The molecule has 4 nitrogen and oxygen atoms in total. The van der Waals surface area contributed by atoms with Crippen LogP contribution in [-0.4, -0.2) is 10.9 Å². The molecule has 1 N–H and O–H groups in total. The number of ether oxygens (including phenoxy) is 1. The van der Waals surface area contributed by atoms with Crippen molar-refractivity contribution in [2.24, 2.45) is 0 Å². The zero-order valence-electron chi connectivity index (χ0n) is 13.9. The van der Waals surface area contributed by atoms with Gasteiger partial charge in [-0.15, -0.1) is 0 Å². The molecule has 26 heavy (non-hydrogen) atoms. The fourth-order valence-electron chi connectivity index (χ4n) is 2.37. The minimum absolute atomic E-state index is 0.173. The fourth-order valence-corrected chi connectivity index (χ4v) is 2.37. The van der Waals surface area contributed by atoms with Crippen molar-refractivity contribution in [1.82, 2.24) is 4.98 Å². The topological polar surface area (TPSA) is 51.2 Å². The number of para-hydroxylation sites is 2. The Balaban J connectivity index is 1.84. The van der Waals surface area contributed by atoms with E-state index < -0.39 is 18.0 Å². The molecule has 1 aromatic heterocycles. The standard InChI is InChI=1S/C20H16F2N2O2/c1-13-8-10-14(11-9-13)26-17-7-3-2-6-16(17)24-20(25)15-5-4-12-23-18(15)19(21)22/h2-12,19H,1H3,(H,24,25). The number of alkyl halides is 2. The molecule has 0 atom stereocenters. The molecule has 6 heteroatoms. The summed E-state index contributed by atoms with van der Waals surface area (Å²) in [6.45, 7) is 1.96. The molecule has 0 aliphatic rings. The summed E-state index contributed by atoms with van der Waals surface area (Å²) < 4.78 is 31.9. The van der Waals surface area contributed by atoms with Crippen LogP contribution >= 0.6 is 0 Å². The maximum Gasteiger partial charge on any atom is 0.281 e. The molecule has 1 heterocycles. The second-order valence-corrected chi connectivity index (χ2v) is 5.60. The Morgan fingerprint density at radius 1 is 1.04 bits per heavy atom. The zero-order chi connectivity index (χ0) is 18.5. The summed E-state index contributed by atoms with van der Waals surface area (Å²) in [4.78, 5) is 16.0. The Morgan fingerprint density at radius 3 is 2.50 bits per heavy atom. The highest BCUT2D eigenvalue weighted by molar-refractivity contribution is 6.05. The van der Waals surface area contributed by atoms with Crippen LogP contribution in [0.25, 0.3) is 0 Å². The average molecular weight is 354 g/mol. The van der Waals surface area contributed by atoms with E-state index in [1.165, 1.54) is 18.3 Å². The van der Waals surface area contributed by atoms with E-state index in [0.29, 0.717) is 17.2 Å². The van der Waals surface area contributed by atoms with Gasteiger partial charge in [0.25, 0.3) is 12.3 Å². The van der Waals surface area contributed by atoms with E-state index in [1.807, 2.05) is 31.2 Å². The lowest BCUT2D eigenvalue weighted by molar-refractivity contribution is 0.100. The first-order valence-electron chi connectivity index (χ1n) is 7.92. The number of benzene rings is 2. The number of amides is 1. The molecular formula is C20H16F2N2O2. The number of carbonyl (C=O) groups is 1. The van der Waals surface area contributed by atoms with E-state index in [1.54, 1.807) is 24.3 Å². The Bertz CT molecular complexity index is 912. The van der Waals surface area contributed by atoms with Crippen molar-refractivity contribution in [3.63, 3.8) is 0 Å². The molecule has 0 spiro atoms. The van der Waals surface area contributed by atoms with Gasteiger partial charge in [-0.1, -0.05) is 29.8 Å². The molecule has 0 fully saturated rings. The van der Waals surface area contributed by atoms with Gasteiger partial charge in [-0.3, -0.25) is 9.78 Å². The van der Waals surface area contributed by atoms with Gasteiger partial charge in [0.1, 0.15) is 11.4 Å². The molecule has 0 radical (unpaired) electrons. The van der Waals surface area contributed by atoms with Gasteiger partial charge in [-0.25, -0.2) is 8.78 Å². The Kier molecular flexibility index (Phi) is 5.22. The number of nitrogens with zero attached hydrogens (tertiary/aromatic N) is 1. The molecule has 0 saturated heterocycles. The largest absolute Gasteiger partial charge is 0.455 e. The fraction of sp³-hybridized carbons (Fsp3) is 0.100. The van der Waals surface area contributed by atoms with Crippen molar-refractivity contribution >= 4 is 11.6 Å². The molecule has 0 aliphatic heterocycles. The lowest BCUT2D eigenvalue weighted by Gasteiger charge is -2.13. The smallest absolute Gasteiger partial charge is 0.281 e. The lowest BCUT2D eigenvalue weighted by Crippen LogP contribution is -2.15. The van der Waals surface area contributed by atoms with Crippen molar-refractivity contribution in [1.29, 1.82) is 0 Å². The summed E-state index contributed by atoms with van der Waals surface area (Å²) in [5, 5.41) is 2.62. The molecule has 0 unspecified atom stereocenters. The first kappa shape index (κ1) is 17.5. The monoisotopic (exact) mass is 354 g/mol. The van der Waals surface area contributed by atoms with Crippen LogP contribution in [-0.2, 0) is 0 Å². The van der Waals surface area contributed by atoms with Gasteiger partial charge in [0.15, 0.2) is 5.75 Å². The van der Waals surface area contributed by atoms with Crippen LogP contribution in [0.2, 0.25) is 0 Å². The van der Waals surface area contributed by atoms with Crippen LogP contribution in [0.15, 0.2) is 66.9 Å². The van der Waals surface area contributed by atoms with Crippen LogP contribution in [0.3, 0.4) is 0 Å². The third-order valence-corrected chi connectivity index (χ3v) is 3.67. The van der Waals surface area contributed by atoms with Gasteiger partial charge in [0.2, 0.25) is 0 Å². The van der Waals surface area contributed by atoms with E-state index in [-0.39, 0.29) is 5.56 Å². The van der Waals surface area contributed by atoms with Gasteiger partial charge in [0, 0.05) is 6.20 Å². The number of anilines is 1. The molecule has 2 aromatic carbocycles. The van der Waals surface area contributed by atoms with Gasteiger partial charge in [0.05, 0.1) is 11.3 Å². The highest BCUT2D eigenvalue weighted by atomic mass is 19.3. The number of rotatable bonds is 5. The second kappa shape index (κ2) is 7.74. The summed E-state index contributed by atoms with van der Waals surface area (Å²) in [7, 11) is 0. The third kappa shape index (κ3) is 4.03. The number of nitrogens with one attached hydrogen (secondary N) is 1. The van der Waals surface area contributed by atoms with Crippen molar-refractivity contribution in [3.05, 3.63) is 83.7 Å². The first-order valence-corrected chi connectivity index (χ1v) is 7.92. The average Bonchev–Trinajstić information content (AvgIpc) is 2.65. The highest BCUT2D eigenvalue weighted by Gasteiger charge is 2.20. The summed E-state index contributed by atoms with van der Waals surface area (Å²) >= 11 is 0. The van der Waals surface area contributed by atoms with Gasteiger partial charge in [-0.2, -0.15) is 0 Å². The van der Waals surface area contributed by atoms with E-state index >= 15 is 0 Å². The minimum atomic E-state index is -2.84. The summed E-state index contributed by atoms with van der Waals surface area (Å²) in [5.41, 5.74) is 0.742. The molecule has 0 bridgehead atoms. The zero-order valence-corrected chi connectivity index (χ0v) is 13.9. The molecular weight excluding hydrogens is 338 g/mol. The second-order valence-electron chi connectivity index (χ2n) is 5.60. The number of aromatic nitrogens is 1. The molecule has 3 rings (SSSR count). The van der Waals surface area contributed by atoms with E-state index in [4.69, 9.17) is 4.74 Å². The number of pyridine rings is 1. The number of hydrogen-bond donors (Lipinski definition) is 1. The quantitative estimate of drug-likeness (QED) is 0.670. The van der Waals surface area contributed by atoms with Gasteiger partial charge in [-0.05, 0) is 43.3 Å². The minimum Gasteiger partial charge on any atom is -0.455 e. The van der Waals surface area contributed by atoms with E-state index in [2.05, 4.69) is 10.3 Å². The van der Waals surface area contributed by atoms with E-state index in [9.17, 15) is 13.6 Å². The number of hydrogen-bond acceptors (Lipinski definition) is 3. The summed E-state index contributed by atoms with van der Waals surface area (Å²) in [6.07, 6.45) is -1.61. The first-order chi connectivity index (χ1) is 12.5. The predicted molar refractivity (Wildman–Crippen MR) is 94.8 cm³/mol. The van der Waals surface area contributed by atoms with Crippen LogP contribution in [0.5, 0.6) is 11.5 Å². The molecule has 132 valence electrons. The van der Waals surface area contributed by atoms with Crippen LogP contribution in [0, 0.1) is 6.92 Å². The SMILES string of the molecule is Cc1ccc(Oc2ccccc2NC(=O)c2cccnc2C(F)F)cc1. The van der Waals surface area contributed by atoms with Crippen LogP contribution < -0.4 is 10.1 Å². The van der Waals surface area contributed by atoms with Gasteiger partial charge >= 0.3 is 0 Å². The van der Waals surface area contributed by atoms with Crippen LogP contribution in [0.1, 0.15) is 28.0 Å². The number of carbonyl (C=O) groups excluding carboxylic acids is 1. The Morgan fingerprint density at radius 2 is 1.77 bits per heavy atom. The normalized spacial score (nSPS) is 10.6. The molecule has 0 aliphatic carbocycles. The molecule has 0 saturated carbocycles. The maximum absolute atomic E-state index is 13.1. The van der Waals surface area contributed by atoms with Crippen molar-refractivity contribution in [2.75, 3.05) is 5.32 Å². The predicted octanol–water partition coefficient (Wildman–Crippen LogP) is 5.37. The van der Waals surface area contributed by atoms with Crippen molar-refractivity contribution in [2.45, 2.75) is 13.3 Å². The maximum atomic E-state index is 13.1. The molecule has 3 aromatic rings. The van der Waals surface area contributed by atoms with Crippen molar-refractivity contribution < 1.29 is 18.3 Å². The summed E-state index contributed by atoms with van der Waals surface area (Å²) in [5.74, 6) is 0.340. The van der Waals surface area contributed by atoms with Crippen molar-refractivity contribution in [3.8, 4) is 11.5 Å². The number of halogens is 2. The lowest BCUT2D eigenvalue weighted by atomic mass is 10.1. The number of aryl methyl sites for hydroxylation is 1. The molecule has 1 amide bonds. The summed E-state index contributed by atoms with van der Waals surface area (Å²) in [6, 6.07) is 17.0. The van der Waals surface area contributed by atoms with Gasteiger partial charge < -0.3 is 10.1 Å². The Hall–Kier alpha value is -3.28. The third-order valence-electron chi connectivity index (χ3n) is 3.67. The highest BCUT2D eigenvalue weighted by Crippen LogP contribution is 2.30.